The molecule has 0 atom stereocenters. The van der Waals surface area contributed by atoms with Crippen molar-refractivity contribution in [3.8, 4) is 5.75 Å². The first-order valence-electron chi connectivity index (χ1n) is 6.64. The molecule has 1 rings (SSSR count). The van der Waals surface area contributed by atoms with Crippen molar-refractivity contribution in [2.75, 3.05) is 33.4 Å². The molecule has 0 aliphatic rings. The Kier molecular flexibility index (Phi) is 10.7. The third-order valence-corrected chi connectivity index (χ3v) is 2.98. The van der Waals surface area contributed by atoms with Crippen LogP contribution in [0.1, 0.15) is 12.5 Å². The standard InChI is InChI=1S/C15H21ClN2O3.ClH/c1-11(19)21-6-5-18-10-12(9-17)7-13-8-14(16)3-4-15(13)20-2;/h3-4,7-8,18H,5-6,9-10,17H2,1-2H3;1H/b12-7+;. The molecule has 3 N–H and O–H groups in total. The Hall–Kier alpha value is -1.27. The smallest absolute Gasteiger partial charge is 0.302 e. The molecular weight excluding hydrogens is 327 g/mol. The van der Waals surface area contributed by atoms with E-state index in [9.17, 15) is 4.79 Å². The topological polar surface area (TPSA) is 73.6 Å². The predicted octanol–water partition coefficient (Wildman–Crippen LogP) is 2.27. The fraction of sp³-hybridized carbons (Fsp3) is 0.400. The van der Waals surface area contributed by atoms with Gasteiger partial charge in [0.25, 0.3) is 0 Å². The van der Waals surface area contributed by atoms with E-state index in [1.807, 2.05) is 18.2 Å². The maximum Gasteiger partial charge on any atom is 0.302 e. The van der Waals surface area contributed by atoms with Crippen molar-refractivity contribution in [1.82, 2.24) is 5.32 Å². The molecule has 0 aliphatic carbocycles. The van der Waals surface area contributed by atoms with Crippen LogP contribution in [0.15, 0.2) is 23.8 Å². The monoisotopic (exact) mass is 348 g/mol. The highest BCUT2D eigenvalue weighted by atomic mass is 35.5. The minimum absolute atomic E-state index is 0. The van der Waals surface area contributed by atoms with Gasteiger partial charge in [-0.05, 0) is 29.8 Å². The quantitative estimate of drug-likeness (QED) is 0.556. The van der Waals surface area contributed by atoms with Crippen molar-refractivity contribution < 1.29 is 14.3 Å². The van der Waals surface area contributed by atoms with Crippen molar-refractivity contribution >= 4 is 36.1 Å². The Morgan fingerprint density at radius 2 is 2.18 bits per heavy atom. The van der Waals surface area contributed by atoms with Gasteiger partial charge >= 0.3 is 5.97 Å². The Morgan fingerprint density at radius 3 is 2.77 bits per heavy atom. The molecule has 0 saturated carbocycles. The third-order valence-electron chi connectivity index (χ3n) is 2.75. The summed E-state index contributed by atoms with van der Waals surface area (Å²) in [7, 11) is 1.61. The lowest BCUT2D eigenvalue weighted by Crippen LogP contribution is -2.25. The molecule has 0 aliphatic heterocycles. The lowest BCUT2D eigenvalue weighted by molar-refractivity contribution is -0.140. The van der Waals surface area contributed by atoms with E-state index in [2.05, 4.69) is 5.32 Å². The fourth-order valence-electron chi connectivity index (χ4n) is 1.74. The van der Waals surface area contributed by atoms with Crippen LogP contribution in [0.4, 0.5) is 0 Å². The van der Waals surface area contributed by atoms with E-state index in [-0.39, 0.29) is 18.4 Å². The average Bonchev–Trinajstić information content (AvgIpc) is 2.45. The summed E-state index contributed by atoms with van der Waals surface area (Å²) in [6, 6.07) is 5.42. The highest BCUT2D eigenvalue weighted by Crippen LogP contribution is 2.24. The number of methoxy groups -OCH3 is 1. The van der Waals surface area contributed by atoms with Crippen molar-refractivity contribution in [1.29, 1.82) is 0 Å². The first kappa shape index (κ1) is 20.7. The predicted molar refractivity (Wildman–Crippen MR) is 91.8 cm³/mol. The number of ether oxygens (including phenoxy) is 2. The molecule has 1 aromatic carbocycles. The Morgan fingerprint density at radius 1 is 1.45 bits per heavy atom. The largest absolute Gasteiger partial charge is 0.496 e. The number of nitrogens with one attached hydrogen (secondary N) is 1. The summed E-state index contributed by atoms with van der Waals surface area (Å²) in [4.78, 5) is 10.6. The number of benzene rings is 1. The third kappa shape index (κ3) is 7.66. The number of esters is 1. The van der Waals surface area contributed by atoms with Gasteiger partial charge in [-0.15, -0.1) is 12.4 Å². The van der Waals surface area contributed by atoms with Crippen LogP contribution in [0.25, 0.3) is 6.08 Å². The van der Waals surface area contributed by atoms with Gasteiger partial charge in [-0.3, -0.25) is 4.79 Å². The summed E-state index contributed by atoms with van der Waals surface area (Å²) >= 11 is 6.00. The highest BCUT2D eigenvalue weighted by Gasteiger charge is 2.03. The summed E-state index contributed by atoms with van der Waals surface area (Å²) in [5.74, 6) is 0.459. The summed E-state index contributed by atoms with van der Waals surface area (Å²) in [5, 5.41) is 3.80. The normalized spacial score (nSPS) is 10.8. The molecule has 7 heteroatoms. The van der Waals surface area contributed by atoms with Gasteiger partial charge < -0.3 is 20.5 Å². The van der Waals surface area contributed by atoms with Crippen LogP contribution in [0.5, 0.6) is 5.75 Å². The van der Waals surface area contributed by atoms with E-state index in [4.69, 9.17) is 26.8 Å². The Bertz CT molecular complexity index is 508. The summed E-state index contributed by atoms with van der Waals surface area (Å²) in [6.45, 7) is 3.32. The summed E-state index contributed by atoms with van der Waals surface area (Å²) < 4.78 is 10.1. The first-order valence-corrected chi connectivity index (χ1v) is 7.01. The molecule has 1 aromatic rings. The second-order valence-electron chi connectivity index (χ2n) is 4.41. The van der Waals surface area contributed by atoms with Crippen molar-refractivity contribution in [3.05, 3.63) is 34.4 Å². The van der Waals surface area contributed by atoms with Gasteiger partial charge in [-0.2, -0.15) is 0 Å². The van der Waals surface area contributed by atoms with E-state index in [1.165, 1.54) is 6.92 Å². The second kappa shape index (κ2) is 11.3. The van der Waals surface area contributed by atoms with Crippen LogP contribution >= 0.6 is 24.0 Å². The molecule has 0 amide bonds. The SMILES string of the molecule is COc1ccc(Cl)cc1/C=C(\CN)CNCCOC(C)=O.Cl. The van der Waals surface area contributed by atoms with E-state index in [0.29, 0.717) is 31.3 Å². The van der Waals surface area contributed by atoms with Crippen LogP contribution in [-0.2, 0) is 9.53 Å². The van der Waals surface area contributed by atoms with Gasteiger partial charge in [-0.1, -0.05) is 11.6 Å². The lowest BCUT2D eigenvalue weighted by atomic mass is 10.1. The zero-order valence-electron chi connectivity index (χ0n) is 12.7. The number of nitrogens with two attached hydrogens (primary N) is 1. The van der Waals surface area contributed by atoms with E-state index in [0.717, 1.165) is 16.9 Å². The van der Waals surface area contributed by atoms with Crippen molar-refractivity contribution in [2.45, 2.75) is 6.92 Å². The van der Waals surface area contributed by atoms with Gasteiger partial charge in [0.1, 0.15) is 12.4 Å². The van der Waals surface area contributed by atoms with E-state index < -0.39 is 0 Å². The molecular formula is C15H22Cl2N2O3. The van der Waals surface area contributed by atoms with E-state index in [1.54, 1.807) is 13.2 Å². The molecule has 0 fully saturated rings. The Labute approximate surface area is 142 Å². The van der Waals surface area contributed by atoms with Crippen molar-refractivity contribution in [3.63, 3.8) is 0 Å². The molecule has 0 aromatic heterocycles. The zero-order valence-corrected chi connectivity index (χ0v) is 14.3. The molecule has 0 unspecified atom stereocenters. The minimum atomic E-state index is -0.282. The number of hydrogen-bond donors (Lipinski definition) is 2. The van der Waals surface area contributed by atoms with Gasteiger partial charge in [0.05, 0.1) is 7.11 Å². The van der Waals surface area contributed by atoms with Gasteiger partial charge in [0, 0.05) is 37.1 Å². The molecule has 0 saturated heterocycles. The number of hydrogen-bond acceptors (Lipinski definition) is 5. The molecule has 5 nitrogen and oxygen atoms in total. The summed E-state index contributed by atoms with van der Waals surface area (Å²) in [6.07, 6.45) is 1.95. The van der Waals surface area contributed by atoms with Gasteiger partial charge in [-0.25, -0.2) is 0 Å². The maximum absolute atomic E-state index is 10.6. The summed E-state index contributed by atoms with van der Waals surface area (Å²) in [5.41, 5.74) is 7.63. The minimum Gasteiger partial charge on any atom is -0.496 e. The van der Waals surface area contributed by atoms with Gasteiger partial charge in [0.15, 0.2) is 0 Å². The average molecular weight is 349 g/mol. The van der Waals surface area contributed by atoms with E-state index >= 15 is 0 Å². The molecule has 0 radical (unpaired) electrons. The fourth-order valence-corrected chi connectivity index (χ4v) is 1.92. The Balaban J connectivity index is 0.00000441. The molecule has 0 heterocycles. The molecule has 0 bridgehead atoms. The molecule has 0 spiro atoms. The van der Waals surface area contributed by atoms with Crippen molar-refractivity contribution in [2.24, 2.45) is 5.73 Å². The van der Waals surface area contributed by atoms with Gasteiger partial charge in [0.2, 0.25) is 0 Å². The first-order chi connectivity index (χ1) is 10.1. The second-order valence-corrected chi connectivity index (χ2v) is 4.85. The highest BCUT2D eigenvalue weighted by molar-refractivity contribution is 6.30. The maximum atomic E-state index is 10.6. The molecule has 22 heavy (non-hydrogen) atoms. The lowest BCUT2D eigenvalue weighted by Gasteiger charge is -2.10. The van der Waals surface area contributed by atoms with Crippen LogP contribution in [0.2, 0.25) is 5.02 Å². The van der Waals surface area contributed by atoms with Crippen LogP contribution in [-0.4, -0.2) is 39.3 Å². The number of halogens is 2. The van der Waals surface area contributed by atoms with Crippen LogP contribution in [0, 0.1) is 0 Å². The van der Waals surface area contributed by atoms with Crippen LogP contribution < -0.4 is 15.8 Å². The van der Waals surface area contributed by atoms with Crippen LogP contribution in [0.3, 0.4) is 0 Å². The molecule has 124 valence electrons. The zero-order chi connectivity index (χ0) is 15.7. The number of rotatable bonds is 8. The number of carbonyl (C=O) groups is 1. The number of carbonyl (C=O) groups excluding carboxylic acids is 1.